The van der Waals surface area contributed by atoms with Gasteiger partial charge in [0.15, 0.2) is 0 Å². The predicted octanol–water partition coefficient (Wildman–Crippen LogP) is 1.51. The van der Waals surface area contributed by atoms with Gasteiger partial charge in [-0.2, -0.15) is 0 Å². The number of nitrogens with zero attached hydrogens (tertiary/aromatic N) is 2. The highest BCUT2D eigenvalue weighted by Gasteiger charge is 2.04. The van der Waals surface area contributed by atoms with Crippen molar-refractivity contribution in [2.45, 2.75) is 6.42 Å². The van der Waals surface area contributed by atoms with Gasteiger partial charge in [-0.25, -0.2) is 4.98 Å². The van der Waals surface area contributed by atoms with Crippen molar-refractivity contribution in [2.75, 3.05) is 38.2 Å². The Labute approximate surface area is 101 Å². The summed E-state index contributed by atoms with van der Waals surface area (Å²) < 4.78 is 0. The molecule has 0 unspecified atom stereocenters. The summed E-state index contributed by atoms with van der Waals surface area (Å²) in [5, 5.41) is 3.27. The van der Waals surface area contributed by atoms with E-state index in [0.717, 1.165) is 36.5 Å². The smallest absolute Gasteiger partial charge is 0.201 e. The fourth-order valence-electron chi connectivity index (χ4n) is 1.74. The van der Waals surface area contributed by atoms with Crippen LogP contribution in [0.1, 0.15) is 6.42 Å². The van der Waals surface area contributed by atoms with Crippen molar-refractivity contribution in [3.05, 3.63) is 18.2 Å². The maximum absolute atomic E-state index is 5.85. The van der Waals surface area contributed by atoms with E-state index in [2.05, 4.69) is 34.3 Å². The molecule has 0 amide bonds. The molecule has 0 fully saturated rings. The molecule has 0 atom stereocenters. The zero-order chi connectivity index (χ0) is 12.3. The Bertz CT molecular complexity index is 489. The maximum Gasteiger partial charge on any atom is 0.201 e. The summed E-state index contributed by atoms with van der Waals surface area (Å²) >= 11 is 0. The summed E-state index contributed by atoms with van der Waals surface area (Å²) in [5.41, 5.74) is 8.36. The van der Waals surface area contributed by atoms with E-state index < -0.39 is 0 Å². The van der Waals surface area contributed by atoms with E-state index >= 15 is 0 Å². The van der Waals surface area contributed by atoms with Crippen LogP contribution in [0.3, 0.4) is 0 Å². The van der Waals surface area contributed by atoms with Crippen LogP contribution >= 0.6 is 0 Å². The highest BCUT2D eigenvalue weighted by Crippen LogP contribution is 2.19. The van der Waals surface area contributed by atoms with Crippen LogP contribution in [0.4, 0.5) is 11.6 Å². The van der Waals surface area contributed by atoms with Crippen molar-refractivity contribution in [3.8, 4) is 0 Å². The van der Waals surface area contributed by atoms with E-state index in [0.29, 0.717) is 5.69 Å². The molecular formula is C12H19N5. The Hall–Kier alpha value is -1.75. The number of nitrogen functional groups attached to an aromatic ring is 1. The minimum atomic E-state index is 0.708. The first-order chi connectivity index (χ1) is 8.16. The number of rotatable bonds is 5. The second-order valence-electron chi connectivity index (χ2n) is 4.41. The number of imidazole rings is 1. The number of fused-ring (bicyclic) bond motifs is 1. The fraction of sp³-hybridized carbons (Fsp3) is 0.417. The molecule has 0 aliphatic rings. The fourth-order valence-corrected chi connectivity index (χ4v) is 1.74. The number of benzene rings is 1. The van der Waals surface area contributed by atoms with E-state index in [1.165, 1.54) is 0 Å². The Morgan fingerprint density at radius 1 is 1.41 bits per heavy atom. The van der Waals surface area contributed by atoms with Gasteiger partial charge in [0.25, 0.3) is 0 Å². The Balaban J connectivity index is 1.98. The Morgan fingerprint density at radius 3 is 2.94 bits per heavy atom. The maximum atomic E-state index is 5.85. The van der Waals surface area contributed by atoms with Gasteiger partial charge in [0.2, 0.25) is 5.95 Å². The SMILES string of the molecule is CN(C)CCCNc1nc2c(N)cccc2[nH]1. The number of H-pyrrole nitrogens is 1. The number of aromatic nitrogens is 2. The van der Waals surface area contributed by atoms with Crippen molar-refractivity contribution in [1.29, 1.82) is 0 Å². The van der Waals surface area contributed by atoms with Crippen LogP contribution in [0, 0.1) is 0 Å². The second kappa shape index (κ2) is 5.05. The summed E-state index contributed by atoms with van der Waals surface area (Å²) in [7, 11) is 4.14. The molecule has 0 saturated heterocycles. The van der Waals surface area contributed by atoms with E-state index in [1.54, 1.807) is 0 Å². The minimum Gasteiger partial charge on any atom is -0.397 e. The Morgan fingerprint density at radius 2 is 2.24 bits per heavy atom. The number of anilines is 2. The topological polar surface area (TPSA) is 70.0 Å². The number of para-hydroxylation sites is 1. The molecule has 1 aromatic carbocycles. The average Bonchev–Trinajstić information content (AvgIpc) is 2.69. The molecule has 2 rings (SSSR count). The van der Waals surface area contributed by atoms with Crippen LogP contribution in [0.5, 0.6) is 0 Å². The first-order valence-electron chi connectivity index (χ1n) is 5.79. The van der Waals surface area contributed by atoms with Crippen molar-refractivity contribution in [2.24, 2.45) is 0 Å². The van der Waals surface area contributed by atoms with Gasteiger partial charge < -0.3 is 20.9 Å². The van der Waals surface area contributed by atoms with Gasteiger partial charge in [-0.05, 0) is 39.2 Å². The number of hydrogen-bond acceptors (Lipinski definition) is 4. The molecule has 92 valence electrons. The normalized spacial score (nSPS) is 11.2. The monoisotopic (exact) mass is 233 g/mol. The zero-order valence-corrected chi connectivity index (χ0v) is 10.3. The standard InChI is InChI=1S/C12H19N5/c1-17(2)8-4-7-14-12-15-10-6-3-5-9(13)11(10)16-12/h3,5-6H,4,7-8,13H2,1-2H3,(H2,14,15,16). The quantitative estimate of drug-likeness (QED) is 0.541. The van der Waals surface area contributed by atoms with E-state index in [1.807, 2.05) is 18.2 Å². The van der Waals surface area contributed by atoms with Gasteiger partial charge in [-0.15, -0.1) is 0 Å². The second-order valence-corrected chi connectivity index (χ2v) is 4.41. The van der Waals surface area contributed by atoms with Gasteiger partial charge in [0, 0.05) is 6.54 Å². The van der Waals surface area contributed by atoms with E-state index in [-0.39, 0.29) is 0 Å². The third kappa shape index (κ3) is 2.88. The van der Waals surface area contributed by atoms with Crippen LogP contribution in [0.2, 0.25) is 0 Å². The highest BCUT2D eigenvalue weighted by atomic mass is 15.1. The lowest BCUT2D eigenvalue weighted by Gasteiger charge is -2.08. The molecule has 1 aromatic heterocycles. The first-order valence-corrected chi connectivity index (χ1v) is 5.79. The molecule has 1 heterocycles. The number of hydrogen-bond donors (Lipinski definition) is 3. The average molecular weight is 233 g/mol. The van der Waals surface area contributed by atoms with Gasteiger partial charge in [0.05, 0.1) is 11.2 Å². The van der Waals surface area contributed by atoms with Gasteiger partial charge in [-0.3, -0.25) is 0 Å². The predicted molar refractivity (Wildman–Crippen MR) is 72.2 cm³/mol. The summed E-state index contributed by atoms with van der Waals surface area (Å²) in [6.45, 7) is 1.97. The zero-order valence-electron chi connectivity index (χ0n) is 10.3. The molecule has 5 nitrogen and oxygen atoms in total. The van der Waals surface area contributed by atoms with Gasteiger partial charge in [-0.1, -0.05) is 6.07 Å². The van der Waals surface area contributed by atoms with Crippen LogP contribution in [0.25, 0.3) is 11.0 Å². The molecule has 2 aromatic rings. The summed E-state index contributed by atoms with van der Waals surface area (Å²) in [6.07, 6.45) is 1.08. The van der Waals surface area contributed by atoms with Crippen molar-refractivity contribution in [1.82, 2.24) is 14.9 Å². The summed E-state index contributed by atoms with van der Waals surface area (Å²) in [6, 6.07) is 5.76. The third-order valence-corrected chi connectivity index (χ3v) is 2.62. The van der Waals surface area contributed by atoms with Crippen molar-refractivity contribution < 1.29 is 0 Å². The molecule has 5 heteroatoms. The van der Waals surface area contributed by atoms with Crippen LogP contribution in [-0.2, 0) is 0 Å². The minimum absolute atomic E-state index is 0.708. The van der Waals surface area contributed by atoms with Crippen molar-refractivity contribution >= 4 is 22.7 Å². The van der Waals surface area contributed by atoms with Crippen LogP contribution in [0.15, 0.2) is 18.2 Å². The molecule has 0 aliphatic carbocycles. The van der Waals surface area contributed by atoms with Crippen LogP contribution in [-0.4, -0.2) is 42.1 Å². The van der Waals surface area contributed by atoms with E-state index in [4.69, 9.17) is 5.73 Å². The summed E-state index contributed by atoms with van der Waals surface area (Å²) in [5.74, 6) is 0.789. The third-order valence-electron chi connectivity index (χ3n) is 2.62. The lowest BCUT2D eigenvalue weighted by Crippen LogP contribution is -2.16. The highest BCUT2D eigenvalue weighted by molar-refractivity contribution is 5.88. The largest absolute Gasteiger partial charge is 0.397 e. The van der Waals surface area contributed by atoms with Gasteiger partial charge >= 0.3 is 0 Å². The molecule has 17 heavy (non-hydrogen) atoms. The number of aromatic amines is 1. The molecule has 0 radical (unpaired) electrons. The Kier molecular flexibility index (Phi) is 3.49. The molecule has 0 aliphatic heterocycles. The molecule has 0 saturated carbocycles. The first kappa shape index (κ1) is 11.7. The molecule has 4 N–H and O–H groups in total. The molecule has 0 bridgehead atoms. The molecular weight excluding hydrogens is 214 g/mol. The van der Waals surface area contributed by atoms with Crippen molar-refractivity contribution in [3.63, 3.8) is 0 Å². The lowest BCUT2D eigenvalue weighted by atomic mass is 10.3. The molecule has 0 spiro atoms. The van der Waals surface area contributed by atoms with Crippen LogP contribution < -0.4 is 11.1 Å². The van der Waals surface area contributed by atoms with Gasteiger partial charge in [0.1, 0.15) is 5.52 Å². The summed E-state index contributed by atoms with van der Waals surface area (Å²) in [4.78, 5) is 9.80. The lowest BCUT2D eigenvalue weighted by molar-refractivity contribution is 0.405. The number of nitrogens with one attached hydrogen (secondary N) is 2. The number of nitrogens with two attached hydrogens (primary N) is 1. The van der Waals surface area contributed by atoms with E-state index in [9.17, 15) is 0 Å².